The third kappa shape index (κ3) is 0.649. The Labute approximate surface area is 39.8 Å². The Bertz CT molecular complexity index is 65.9. The van der Waals surface area contributed by atoms with Gasteiger partial charge in [-0.1, -0.05) is 0 Å². The lowest BCUT2D eigenvalue weighted by Gasteiger charge is -1.99. The summed E-state index contributed by atoms with van der Waals surface area (Å²) in [4.78, 5) is 4.55. The van der Waals surface area contributed by atoms with Crippen molar-refractivity contribution in [2.24, 2.45) is 5.84 Å². The lowest BCUT2D eigenvalue weighted by Crippen LogP contribution is -2.16. The highest BCUT2D eigenvalue weighted by molar-refractivity contribution is 7.99. The first-order valence-corrected chi connectivity index (χ1v) is 2.26. The monoisotopic (exact) mass is 104 g/mol. The van der Waals surface area contributed by atoms with Crippen LogP contribution in [0.1, 0.15) is 0 Å². The molecule has 0 unspecified atom stereocenters. The van der Waals surface area contributed by atoms with Gasteiger partial charge in [-0.3, -0.25) is 0 Å². The van der Waals surface area contributed by atoms with E-state index < -0.39 is 0 Å². The Kier molecular flexibility index (Phi) is 0.999. The van der Waals surface area contributed by atoms with E-state index >= 15 is 0 Å². The zero-order chi connectivity index (χ0) is 4.41. The van der Waals surface area contributed by atoms with Gasteiger partial charge in [0.2, 0.25) is 0 Å². The van der Waals surface area contributed by atoms with E-state index in [1.165, 1.54) is 22.8 Å². The van der Waals surface area contributed by atoms with Crippen LogP contribution < -0.4 is 5.84 Å². The Hall–Kier alpha value is -0.190. The van der Waals surface area contributed by atoms with Gasteiger partial charge < -0.3 is 4.84 Å². The van der Waals surface area contributed by atoms with Gasteiger partial charge in [-0.25, -0.2) is 5.84 Å². The number of rotatable bonds is 0. The van der Waals surface area contributed by atoms with E-state index in [9.17, 15) is 0 Å². The van der Waals surface area contributed by atoms with Gasteiger partial charge in [0.25, 0.3) is 0 Å². The van der Waals surface area contributed by atoms with Gasteiger partial charge in [0, 0.05) is 17.4 Å². The topological polar surface area (TPSA) is 38.5 Å². The highest BCUT2D eigenvalue weighted by atomic mass is 32.2. The Morgan fingerprint density at radius 3 is 2.83 bits per heavy atom. The van der Waals surface area contributed by atoms with Crippen molar-refractivity contribution in [3.05, 3.63) is 11.7 Å². The third-order valence-corrected chi connectivity index (χ3v) is 0.912. The van der Waals surface area contributed by atoms with Gasteiger partial charge >= 0.3 is 0 Å². The fourth-order valence-corrected chi connectivity index (χ4v) is 0.513. The molecule has 0 aromatic rings. The molecule has 1 aliphatic rings. The Morgan fingerprint density at radius 1 is 1.83 bits per heavy atom. The van der Waals surface area contributed by atoms with Crippen LogP contribution in [0, 0.1) is 0 Å². The smallest absolute Gasteiger partial charge is 0.122 e. The van der Waals surface area contributed by atoms with Crippen LogP contribution in [0.3, 0.4) is 0 Å². The summed E-state index contributed by atoms with van der Waals surface area (Å²) in [5, 5.41) is 1.75. The molecule has 2 N–H and O–H groups in total. The first-order valence-electron chi connectivity index (χ1n) is 1.43. The highest BCUT2D eigenvalue weighted by Crippen LogP contribution is 2.12. The van der Waals surface area contributed by atoms with Crippen LogP contribution in [-0.4, -0.2) is 4.58 Å². The van der Waals surface area contributed by atoms with E-state index in [1.807, 2.05) is 0 Å². The molecular weight excluding hydrogens is 100 g/mol. The lowest BCUT2D eigenvalue weighted by atomic mass is 11.2. The highest BCUT2D eigenvalue weighted by Gasteiger charge is 1.98. The minimum atomic E-state index is 1.17. The fourth-order valence-electron chi connectivity index (χ4n) is 0.194. The summed E-state index contributed by atoms with van der Waals surface area (Å²) in [5.74, 6) is 5.05. The van der Waals surface area contributed by atoms with Crippen LogP contribution in [0.2, 0.25) is 0 Å². The van der Waals surface area contributed by atoms with Crippen LogP contribution in [0.5, 0.6) is 0 Å². The quantitative estimate of drug-likeness (QED) is 0.352. The minimum Gasteiger partial charge on any atom is -0.387 e. The SMILES string of the molecule is NN1OC=CS1. The summed E-state index contributed by atoms with van der Waals surface area (Å²) in [6, 6.07) is 0. The molecule has 1 aliphatic heterocycles. The van der Waals surface area contributed by atoms with Crippen molar-refractivity contribution < 1.29 is 4.84 Å². The molecule has 0 spiro atoms. The van der Waals surface area contributed by atoms with Crippen LogP contribution in [0.15, 0.2) is 11.7 Å². The summed E-state index contributed by atoms with van der Waals surface area (Å²) >= 11 is 1.31. The summed E-state index contributed by atoms with van der Waals surface area (Å²) < 4.78 is 1.17. The van der Waals surface area contributed by atoms with Crippen molar-refractivity contribution in [1.29, 1.82) is 0 Å². The van der Waals surface area contributed by atoms with Crippen molar-refractivity contribution in [3.8, 4) is 0 Å². The van der Waals surface area contributed by atoms with Gasteiger partial charge in [0.1, 0.15) is 6.26 Å². The van der Waals surface area contributed by atoms with Gasteiger partial charge in [-0.05, 0) is 4.58 Å². The number of hydrazine groups is 1. The zero-order valence-corrected chi connectivity index (χ0v) is 3.81. The number of nitrogens with two attached hydrogens (primary N) is 1. The van der Waals surface area contributed by atoms with Gasteiger partial charge in [0.05, 0.1) is 0 Å². The zero-order valence-electron chi connectivity index (χ0n) is 3.00. The molecule has 0 aromatic heterocycles. The first kappa shape index (κ1) is 3.98. The molecule has 4 heteroatoms. The number of nitrogens with zero attached hydrogens (tertiary/aromatic N) is 1. The standard InChI is InChI=1S/C2H4N2OS/c3-4-5-1-2-6-4/h1-2H,3H2. The summed E-state index contributed by atoms with van der Waals surface area (Å²) in [6.07, 6.45) is 1.52. The van der Waals surface area contributed by atoms with E-state index in [4.69, 9.17) is 5.84 Å². The normalized spacial score (nSPS) is 21.5. The fraction of sp³-hybridized carbons (Fsp3) is 0. The molecule has 34 valence electrons. The number of hydrogen-bond donors (Lipinski definition) is 1. The second-order valence-electron chi connectivity index (χ2n) is 0.768. The Balaban J connectivity index is 2.32. The minimum absolute atomic E-state index is 1.17. The summed E-state index contributed by atoms with van der Waals surface area (Å²) in [6.45, 7) is 0. The maximum absolute atomic E-state index is 5.05. The largest absolute Gasteiger partial charge is 0.387 e. The molecule has 0 fully saturated rings. The van der Waals surface area contributed by atoms with E-state index in [2.05, 4.69) is 4.84 Å². The molecule has 0 radical (unpaired) electrons. The predicted molar refractivity (Wildman–Crippen MR) is 23.8 cm³/mol. The van der Waals surface area contributed by atoms with Crippen molar-refractivity contribution in [3.63, 3.8) is 0 Å². The molecule has 0 saturated heterocycles. The molecule has 1 heterocycles. The van der Waals surface area contributed by atoms with E-state index in [0.717, 1.165) is 0 Å². The molecule has 3 nitrogen and oxygen atoms in total. The average Bonchev–Trinajstić information content (AvgIpc) is 1.86. The van der Waals surface area contributed by atoms with E-state index in [-0.39, 0.29) is 0 Å². The van der Waals surface area contributed by atoms with Crippen LogP contribution in [0.25, 0.3) is 0 Å². The molecule has 0 aliphatic carbocycles. The first-order chi connectivity index (χ1) is 2.89. The molecular formula is C2H4N2OS. The van der Waals surface area contributed by atoms with Crippen molar-refractivity contribution >= 4 is 11.9 Å². The summed E-state index contributed by atoms with van der Waals surface area (Å²) in [5.41, 5.74) is 0. The second kappa shape index (κ2) is 1.51. The lowest BCUT2D eigenvalue weighted by molar-refractivity contribution is 0.00447. The average molecular weight is 104 g/mol. The van der Waals surface area contributed by atoms with Gasteiger partial charge in [-0.2, -0.15) is 0 Å². The third-order valence-electron chi connectivity index (χ3n) is 0.385. The summed E-state index contributed by atoms with van der Waals surface area (Å²) in [7, 11) is 0. The van der Waals surface area contributed by atoms with Gasteiger partial charge in [0.15, 0.2) is 0 Å². The molecule has 1 rings (SSSR count). The molecule has 6 heavy (non-hydrogen) atoms. The van der Waals surface area contributed by atoms with Crippen molar-refractivity contribution in [1.82, 2.24) is 4.58 Å². The van der Waals surface area contributed by atoms with Crippen molar-refractivity contribution in [2.75, 3.05) is 0 Å². The molecule has 0 aromatic carbocycles. The molecule has 0 amide bonds. The van der Waals surface area contributed by atoms with Crippen LogP contribution in [-0.2, 0) is 4.84 Å². The van der Waals surface area contributed by atoms with Gasteiger partial charge in [-0.15, -0.1) is 0 Å². The predicted octanol–water partition coefficient (Wildman–Crippen LogP) is 0.227. The maximum atomic E-state index is 5.05. The van der Waals surface area contributed by atoms with Crippen LogP contribution >= 0.6 is 11.9 Å². The maximum Gasteiger partial charge on any atom is 0.122 e. The van der Waals surface area contributed by atoms with E-state index in [1.54, 1.807) is 5.41 Å². The molecule has 0 saturated carbocycles. The van der Waals surface area contributed by atoms with E-state index in [0.29, 0.717) is 0 Å². The second-order valence-corrected chi connectivity index (χ2v) is 1.61. The Morgan fingerprint density at radius 2 is 2.67 bits per heavy atom. The van der Waals surface area contributed by atoms with Crippen LogP contribution in [0.4, 0.5) is 0 Å². The molecule has 0 bridgehead atoms. The molecule has 0 atom stereocenters. The number of hydrogen-bond acceptors (Lipinski definition) is 4. The van der Waals surface area contributed by atoms with Crippen molar-refractivity contribution in [2.45, 2.75) is 0 Å².